The average Bonchev–Trinajstić information content (AvgIpc) is 2.87. The van der Waals surface area contributed by atoms with Crippen LogP contribution >= 0.6 is 0 Å². The summed E-state index contributed by atoms with van der Waals surface area (Å²) in [7, 11) is 0. The molecule has 0 unspecified atom stereocenters. The van der Waals surface area contributed by atoms with Crippen molar-refractivity contribution in [2.45, 2.75) is 32.2 Å². The van der Waals surface area contributed by atoms with Crippen molar-refractivity contribution in [1.29, 1.82) is 0 Å². The first kappa shape index (κ1) is 14.6. The van der Waals surface area contributed by atoms with Gasteiger partial charge in [0.2, 0.25) is 11.7 Å². The van der Waals surface area contributed by atoms with Crippen LogP contribution in [0.1, 0.15) is 31.6 Å². The zero-order chi connectivity index (χ0) is 15.2. The van der Waals surface area contributed by atoms with Gasteiger partial charge < -0.3 is 14.7 Å². The van der Waals surface area contributed by atoms with Crippen molar-refractivity contribution in [2.75, 3.05) is 13.1 Å². The highest BCUT2D eigenvalue weighted by Gasteiger charge is 2.16. The topological polar surface area (TPSA) is 71.3 Å². The summed E-state index contributed by atoms with van der Waals surface area (Å²) >= 11 is 0. The number of urea groups is 1. The van der Waals surface area contributed by atoms with Crippen LogP contribution in [-0.4, -0.2) is 34.2 Å². The second-order valence-electron chi connectivity index (χ2n) is 5.44. The molecule has 1 aliphatic heterocycles. The van der Waals surface area contributed by atoms with Gasteiger partial charge in [-0.3, -0.25) is 0 Å². The van der Waals surface area contributed by atoms with E-state index >= 15 is 0 Å². The lowest BCUT2D eigenvalue weighted by atomic mass is 10.2. The van der Waals surface area contributed by atoms with Crippen molar-refractivity contribution in [1.82, 2.24) is 20.4 Å². The lowest BCUT2D eigenvalue weighted by molar-refractivity contribution is 0.197. The Balaban J connectivity index is 1.55. The van der Waals surface area contributed by atoms with Crippen LogP contribution in [0.2, 0.25) is 0 Å². The molecule has 0 spiro atoms. The second-order valence-corrected chi connectivity index (χ2v) is 5.44. The van der Waals surface area contributed by atoms with Gasteiger partial charge >= 0.3 is 6.03 Å². The Bertz CT molecular complexity index is 604. The van der Waals surface area contributed by atoms with E-state index in [0.29, 0.717) is 11.7 Å². The van der Waals surface area contributed by atoms with Crippen molar-refractivity contribution < 1.29 is 9.32 Å². The number of hydrogen-bond acceptors (Lipinski definition) is 4. The van der Waals surface area contributed by atoms with Gasteiger partial charge in [-0.1, -0.05) is 48.3 Å². The minimum atomic E-state index is -0.0543. The highest BCUT2D eigenvalue weighted by molar-refractivity contribution is 5.74. The van der Waals surface area contributed by atoms with Crippen LogP contribution in [-0.2, 0) is 6.54 Å². The minimum Gasteiger partial charge on any atom is -0.337 e. The summed E-state index contributed by atoms with van der Waals surface area (Å²) in [5.41, 5.74) is 0.899. The maximum atomic E-state index is 12.1. The Labute approximate surface area is 129 Å². The second kappa shape index (κ2) is 7.06. The molecule has 0 radical (unpaired) electrons. The SMILES string of the molecule is O=C(NCc1nc(-c2ccccc2)no1)N1CCCCCC1. The molecule has 1 aromatic heterocycles. The molecule has 2 amide bonds. The maximum Gasteiger partial charge on any atom is 0.317 e. The predicted molar refractivity (Wildman–Crippen MR) is 82.0 cm³/mol. The molecule has 6 heteroatoms. The van der Waals surface area contributed by atoms with Crippen molar-refractivity contribution in [3.05, 3.63) is 36.2 Å². The standard InChI is InChI=1S/C16H20N4O2/c21-16(20-10-6-1-2-7-11-20)17-12-14-18-15(19-22-14)13-8-4-3-5-9-13/h3-5,8-9H,1-2,6-7,10-12H2,(H,17,21). The van der Waals surface area contributed by atoms with E-state index in [1.165, 1.54) is 12.8 Å². The van der Waals surface area contributed by atoms with E-state index < -0.39 is 0 Å². The van der Waals surface area contributed by atoms with Gasteiger partial charge in [0.25, 0.3) is 0 Å². The monoisotopic (exact) mass is 300 g/mol. The molecule has 1 N–H and O–H groups in total. The van der Waals surface area contributed by atoms with Crippen LogP contribution in [0.5, 0.6) is 0 Å². The lowest BCUT2D eigenvalue weighted by Crippen LogP contribution is -2.40. The number of amides is 2. The summed E-state index contributed by atoms with van der Waals surface area (Å²) in [5, 5.41) is 6.79. The quantitative estimate of drug-likeness (QED) is 0.946. The van der Waals surface area contributed by atoms with Crippen molar-refractivity contribution in [2.24, 2.45) is 0 Å². The zero-order valence-electron chi connectivity index (χ0n) is 12.5. The van der Waals surface area contributed by atoms with Gasteiger partial charge in [-0.05, 0) is 12.8 Å². The number of rotatable bonds is 3. The average molecular weight is 300 g/mol. The number of nitrogens with one attached hydrogen (secondary N) is 1. The number of benzene rings is 1. The first-order valence-electron chi connectivity index (χ1n) is 7.74. The van der Waals surface area contributed by atoms with Crippen LogP contribution in [0, 0.1) is 0 Å². The number of carbonyl (C=O) groups excluding carboxylic acids is 1. The van der Waals surface area contributed by atoms with Crippen LogP contribution in [0.4, 0.5) is 4.79 Å². The highest BCUT2D eigenvalue weighted by Crippen LogP contribution is 2.14. The zero-order valence-corrected chi connectivity index (χ0v) is 12.5. The van der Waals surface area contributed by atoms with E-state index in [4.69, 9.17) is 4.52 Å². The summed E-state index contributed by atoms with van der Waals surface area (Å²) in [6.45, 7) is 1.91. The molecule has 6 nitrogen and oxygen atoms in total. The summed E-state index contributed by atoms with van der Waals surface area (Å²) < 4.78 is 5.19. The van der Waals surface area contributed by atoms with Crippen LogP contribution < -0.4 is 5.32 Å². The number of hydrogen-bond donors (Lipinski definition) is 1. The molecule has 0 saturated carbocycles. The molecule has 1 aromatic carbocycles. The number of carbonyl (C=O) groups is 1. The fourth-order valence-corrected chi connectivity index (χ4v) is 2.57. The van der Waals surface area contributed by atoms with E-state index in [1.807, 2.05) is 35.2 Å². The predicted octanol–water partition coefficient (Wildman–Crippen LogP) is 2.82. The van der Waals surface area contributed by atoms with E-state index in [2.05, 4.69) is 15.5 Å². The van der Waals surface area contributed by atoms with Gasteiger partial charge in [-0.15, -0.1) is 0 Å². The summed E-state index contributed by atoms with van der Waals surface area (Å²) in [4.78, 5) is 18.3. The third-order valence-corrected chi connectivity index (χ3v) is 3.78. The lowest BCUT2D eigenvalue weighted by Gasteiger charge is -2.20. The van der Waals surface area contributed by atoms with Crippen molar-refractivity contribution in [3.63, 3.8) is 0 Å². The van der Waals surface area contributed by atoms with E-state index in [-0.39, 0.29) is 12.6 Å². The smallest absolute Gasteiger partial charge is 0.317 e. The number of nitrogens with zero attached hydrogens (tertiary/aromatic N) is 3. The van der Waals surface area contributed by atoms with Crippen LogP contribution in [0.25, 0.3) is 11.4 Å². The van der Waals surface area contributed by atoms with E-state index in [0.717, 1.165) is 31.5 Å². The maximum absolute atomic E-state index is 12.1. The molecule has 2 heterocycles. The molecule has 0 aliphatic carbocycles. The van der Waals surface area contributed by atoms with Gasteiger partial charge in [0.15, 0.2) is 0 Å². The molecule has 1 fully saturated rings. The molecule has 1 aliphatic rings. The molecule has 3 rings (SSSR count). The Morgan fingerprint density at radius 1 is 1.14 bits per heavy atom. The summed E-state index contributed by atoms with van der Waals surface area (Å²) in [5.74, 6) is 0.960. The van der Waals surface area contributed by atoms with Gasteiger partial charge in [-0.2, -0.15) is 4.98 Å². The normalized spacial score (nSPS) is 15.4. The largest absolute Gasteiger partial charge is 0.337 e. The third-order valence-electron chi connectivity index (χ3n) is 3.78. The van der Waals surface area contributed by atoms with Gasteiger partial charge in [0.05, 0.1) is 6.54 Å². The first-order valence-corrected chi connectivity index (χ1v) is 7.74. The van der Waals surface area contributed by atoms with E-state index in [1.54, 1.807) is 0 Å². The molecular weight excluding hydrogens is 280 g/mol. The summed E-state index contributed by atoms with van der Waals surface area (Å²) in [6, 6.07) is 9.57. The van der Waals surface area contributed by atoms with Gasteiger partial charge in [0, 0.05) is 18.7 Å². The molecule has 2 aromatic rings. The van der Waals surface area contributed by atoms with Crippen LogP contribution in [0.15, 0.2) is 34.9 Å². The fraction of sp³-hybridized carbons (Fsp3) is 0.438. The first-order chi connectivity index (χ1) is 10.8. The molecule has 0 atom stereocenters. The van der Waals surface area contributed by atoms with E-state index in [9.17, 15) is 4.79 Å². The molecule has 0 bridgehead atoms. The molecular formula is C16H20N4O2. The van der Waals surface area contributed by atoms with Gasteiger partial charge in [-0.25, -0.2) is 4.79 Å². The summed E-state index contributed by atoms with van der Waals surface area (Å²) in [6.07, 6.45) is 4.56. The highest BCUT2D eigenvalue weighted by atomic mass is 16.5. The number of aromatic nitrogens is 2. The fourth-order valence-electron chi connectivity index (χ4n) is 2.57. The Morgan fingerprint density at radius 3 is 2.59 bits per heavy atom. The molecule has 22 heavy (non-hydrogen) atoms. The van der Waals surface area contributed by atoms with Crippen molar-refractivity contribution >= 4 is 6.03 Å². The Morgan fingerprint density at radius 2 is 1.86 bits per heavy atom. The van der Waals surface area contributed by atoms with Gasteiger partial charge in [0.1, 0.15) is 0 Å². The van der Waals surface area contributed by atoms with Crippen LogP contribution in [0.3, 0.4) is 0 Å². The third kappa shape index (κ3) is 3.63. The van der Waals surface area contributed by atoms with Crippen molar-refractivity contribution in [3.8, 4) is 11.4 Å². The molecule has 1 saturated heterocycles. The number of likely N-dealkylation sites (tertiary alicyclic amines) is 1. The Kier molecular flexibility index (Phi) is 4.68. The minimum absolute atomic E-state index is 0.0543. The molecule has 116 valence electrons. The Hall–Kier alpha value is -2.37.